The van der Waals surface area contributed by atoms with Crippen molar-refractivity contribution in [2.75, 3.05) is 11.9 Å². The van der Waals surface area contributed by atoms with Gasteiger partial charge >= 0.3 is 11.8 Å². The largest absolute Gasteiger partial charge is 0.423 e. The fourth-order valence-corrected chi connectivity index (χ4v) is 1.69. The normalized spacial score (nSPS) is 11.6. The Morgan fingerprint density at radius 1 is 1.30 bits per heavy atom. The van der Waals surface area contributed by atoms with Gasteiger partial charge in [-0.15, -0.1) is 0 Å². The van der Waals surface area contributed by atoms with Crippen LogP contribution in [0.3, 0.4) is 0 Å². The van der Waals surface area contributed by atoms with E-state index < -0.39 is 23.3 Å². The molecule has 0 aliphatic rings. The average Bonchev–Trinajstić information content (AvgIpc) is 2.36. The summed E-state index contributed by atoms with van der Waals surface area (Å²) in [5.41, 5.74) is 2.83. The van der Waals surface area contributed by atoms with Gasteiger partial charge in [0.05, 0.1) is 12.1 Å². The van der Waals surface area contributed by atoms with Gasteiger partial charge in [-0.1, -0.05) is 0 Å². The molecule has 1 aromatic heterocycles. The number of fused-ring (bicyclic) bond motifs is 1. The lowest BCUT2D eigenvalue weighted by Gasteiger charge is -2.10. The molecule has 8 heteroatoms. The number of carbonyl (C=O) groups is 1. The van der Waals surface area contributed by atoms with Gasteiger partial charge in [-0.2, -0.15) is 13.2 Å². The fraction of sp³-hybridized carbons (Fsp3) is 0.167. The van der Waals surface area contributed by atoms with E-state index in [4.69, 9.17) is 10.2 Å². The van der Waals surface area contributed by atoms with Crippen LogP contribution >= 0.6 is 0 Å². The highest BCUT2D eigenvalue weighted by Gasteiger charge is 2.33. The van der Waals surface area contributed by atoms with Crippen molar-refractivity contribution in [3.63, 3.8) is 0 Å². The lowest BCUT2D eigenvalue weighted by atomic mass is 10.1. The van der Waals surface area contributed by atoms with Gasteiger partial charge in [-0.3, -0.25) is 4.79 Å². The molecule has 0 aliphatic heterocycles. The number of alkyl halides is 3. The summed E-state index contributed by atoms with van der Waals surface area (Å²) in [7, 11) is 0. The molecule has 0 bridgehead atoms. The van der Waals surface area contributed by atoms with Crippen LogP contribution in [0.4, 0.5) is 18.9 Å². The molecule has 0 saturated heterocycles. The third kappa shape index (κ3) is 2.80. The number of benzene rings is 1. The number of anilines is 1. The number of nitrogens with one attached hydrogen (secondary N) is 1. The standard InChI is InChI=1S/C12H9F3N2O3/c13-12(14,15)8-4-11(19)20-9-3-6(1-2-7(8)9)17-10(18)5-16/h1-4H,5,16H2,(H,17,18). The minimum atomic E-state index is -4.67. The van der Waals surface area contributed by atoms with Crippen LogP contribution in [0.1, 0.15) is 5.56 Å². The molecule has 0 unspecified atom stereocenters. The van der Waals surface area contributed by atoms with E-state index in [0.29, 0.717) is 6.07 Å². The number of rotatable bonds is 2. The third-order valence-corrected chi connectivity index (χ3v) is 2.52. The SMILES string of the molecule is NCC(=O)Nc1ccc2c(C(F)(F)F)cc(=O)oc2c1. The van der Waals surface area contributed by atoms with Gasteiger partial charge in [0.15, 0.2) is 0 Å². The van der Waals surface area contributed by atoms with Crippen molar-refractivity contribution in [2.45, 2.75) is 6.18 Å². The number of carbonyl (C=O) groups excluding carboxylic acids is 1. The summed E-state index contributed by atoms with van der Waals surface area (Å²) in [5, 5.41) is 2.09. The molecule has 2 aromatic rings. The van der Waals surface area contributed by atoms with Crippen LogP contribution in [0.2, 0.25) is 0 Å². The van der Waals surface area contributed by atoms with Gasteiger partial charge in [0.2, 0.25) is 5.91 Å². The van der Waals surface area contributed by atoms with E-state index in [1.54, 1.807) is 0 Å². The van der Waals surface area contributed by atoms with E-state index in [9.17, 15) is 22.8 Å². The van der Waals surface area contributed by atoms with E-state index in [1.807, 2.05) is 0 Å². The highest BCUT2D eigenvalue weighted by atomic mass is 19.4. The second-order valence-electron chi connectivity index (χ2n) is 3.94. The Bertz CT molecular complexity index is 722. The van der Waals surface area contributed by atoms with Crippen molar-refractivity contribution in [1.82, 2.24) is 0 Å². The minimum Gasteiger partial charge on any atom is -0.423 e. The maximum atomic E-state index is 12.8. The van der Waals surface area contributed by atoms with Crippen molar-refractivity contribution in [3.8, 4) is 0 Å². The maximum absolute atomic E-state index is 12.8. The number of amides is 1. The first kappa shape index (κ1) is 14.1. The first-order valence-corrected chi connectivity index (χ1v) is 5.46. The summed E-state index contributed by atoms with van der Waals surface area (Å²) in [6, 6.07) is 3.92. The van der Waals surface area contributed by atoms with Gasteiger partial charge < -0.3 is 15.5 Å². The van der Waals surface area contributed by atoms with Gasteiger partial charge in [0, 0.05) is 23.2 Å². The van der Waals surface area contributed by atoms with Crippen molar-refractivity contribution in [3.05, 3.63) is 40.2 Å². The number of nitrogens with two attached hydrogens (primary N) is 1. The zero-order chi connectivity index (χ0) is 14.9. The molecule has 106 valence electrons. The Kier molecular flexibility index (Phi) is 3.49. The molecular weight excluding hydrogens is 277 g/mol. The molecule has 1 heterocycles. The minimum absolute atomic E-state index is 0.190. The summed E-state index contributed by atoms with van der Waals surface area (Å²) in [6.07, 6.45) is -4.67. The van der Waals surface area contributed by atoms with E-state index in [0.717, 1.165) is 12.1 Å². The molecule has 1 aromatic carbocycles. The predicted octanol–water partition coefficient (Wildman–Crippen LogP) is 1.71. The topological polar surface area (TPSA) is 85.3 Å². The second-order valence-corrected chi connectivity index (χ2v) is 3.94. The molecule has 0 radical (unpaired) electrons. The summed E-state index contributed by atoms with van der Waals surface area (Å²) >= 11 is 0. The van der Waals surface area contributed by atoms with Gasteiger partial charge in [0.1, 0.15) is 5.58 Å². The molecule has 0 fully saturated rings. The molecular formula is C12H9F3N2O3. The molecule has 0 aliphatic carbocycles. The molecule has 5 nitrogen and oxygen atoms in total. The molecule has 2 rings (SSSR count). The summed E-state index contributed by atoms with van der Waals surface area (Å²) in [6.45, 7) is -0.273. The van der Waals surface area contributed by atoms with Crippen molar-refractivity contribution >= 4 is 22.6 Å². The summed E-state index contributed by atoms with van der Waals surface area (Å²) < 4.78 is 43.1. The molecule has 0 saturated carbocycles. The van der Waals surface area contributed by atoms with Crippen LogP contribution < -0.4 is 16.7 Å². The zero-order valence-electron chi connectivity index (χ0n) is 9.95. The van der Waals surface area contributed by atoms with Crippen LogP contribution in [-0.2, 0) is 11.0 Å². The summed E-state index contributed by atoms with van der Waals surface area (Å²) in [5.74, 6) is -0.515. The predicted molar refractivity (Wildman–Crippen MR) is 65.2 cm³/mol. The van der Waals surface area contributed by atoms with Crippen LogP contribution in [-0.4, -0.2) is 12.5 Å². The Balaban J connectivity index is 2.59. The Morgan fingerprint density at radius 2 is 2.00 bits per heavy atom. The number of halogens is 3. The van der Waals surface area contributed by atoms with Crippen molar-refractivity contribution < 1.29 is 22.4 Å². The van der Waals surface area contributed by atoms with Crippen LogP contribution in [0.5, 0.6) is 0 Å². The quantitative estimate of drug-likeness (QED) is 0.823. The lowest BCUT2D eigenvalue weighted by Crippen LogP contribution is -2.21. The Labute approximate surface area is 110 Å². The Morgan fingerprint density at radius 3 is 2.60 bits per heavy atom. The highest BCUT2D eigenvalue weighted by Crippen LogP contribution is 2.34. The second kappa shape index (κ2) is 4.97. The monoisotopic (exact) mass is 286 g/mol. The molecule has 3 N–H and O–H groups in total. The first-order valence-electron chi connectivity index (χ1n) is 5.46. The molecule has 0 spiro atoms. The smallest absolute Gasteiger partial charge is 0.417 e. The van der Waals surface area contributed by atoms with Crippen molar-refractivity contribution in [1.29, 1.82) is 0 Å². The van der Waals surface area contributed by atoms with E-state index in [2.05, 4.69) is 5.32 Å². The molecule has 1 amide bonds. The van der Waals surface area contributed by atoms with Crippen molar-refractivity contribution in [2.24, 2.45) is 5.73 Å². The Hall–Kier alpha value is -2.35. The van der Waals surface area contributed by atoms with E-state index in [-0.39, 0.29) is 23.2 Å². The zero-order valence-corrected chi connectivity index (χ0v) is 9.95. The molecule has 20 heavy (non-hydrogen) atoms. The number of hydrogen-bond donors (Lipinski definition) is 2. The lowest BCUT2D eigenvalue weighted by molar-refractivity contribution is -0.136. The third-order valence-electron chi connectivity index (χ3n) is 2.52. The molecule has 0 atom stereocenters. The van der Waals surface area contributed by atoms with Crippen LogP contribution in [0.25, 0.3) is 11.0 Å². The van der Waals surface area contributed by atoms with Gasteiger partial charge in [-0.25, -0.2) is 4.79 Å². The van der Waals surface area contributed by atoms with Gasteiger partial charge in [0.25, 0.3) is 0 Å². The first-order chi connectivity index (χ1) is 9.31. The maximum Gasteiger partial charge on any atom is 0.417 e. The van der Waals surface area contributed by atoms with Crippen LogP contribution in [0.15, 0.2) is 33.5 Å². The van der Waals surface area contributed by atoms with E-state index in [1.165, 1.54) is 6.07 Å². The fourth-order valence-electron chi connectivity index (χ4n) is 1.69. The van der Waals surface area contributed by atoms with Gasteiger partial charge in [-0.05, 0) is 12.1 Å². The van der Waals surface area contributed by atoms with Crippen LogP contribution in [0, 0.1) is 0 Å². The summed E-state index contributed by atoms with van der Waals surface area (Å²) in [4.78, 5) is 22.3. The van der Waals surface area contributed by atoms with E-state index >= 15 is 0 Å². The highest BCUT2D eigenvalue weighted by molar-refractivity contribution is 5.94. The average molecular weight is 286 g/mol. The number of hydrogen-bond acceptors (Lipinski definition) is 4.